The first kappa shape index (κ1) is 61.3. The predicted molar refractivity (Wildman–Crippen MR) is 270 cm³/mol. The van der Waals surface area contributed by atoms with E-state index in [2.05, 4.69) is 47.2 Å². The number of methoxy groups -OCH3 is 1. The number of benzene rings is 1. The number of guanidine groups is 2. The van der Waals surface area contributed by atoms with Crippen LogP contribution in [0.25, 0.3) is 0 Å². The molecule has 1 aliphatic rings. The van der Waals surface area contributed by atoms with Crippen molar-refractivity contribution in [3.63, 3.8) is 0 Å². The minimum Gasteiger partial charge on any atom is -0.480 e. The molecule has 0 radical (unpaired) electrons. The summed E-state index contributed by atoms with van der Waals surface area (Å²) in [6.45, 7) is 7.86. The third-order valence-corrected chi connectivity index (χ3v) is 11.5. The van der Waals surface area contributed by atoms with Gasteiger partial charge in [0, 0.05) is 32.5 Å². The predicted octanol–water partition coefficient (Wildman–Crippen LogP) is -1.57. The highest BCUT2D eigenvalue weighted by Gasteiger charge is 2.34. The van der Waals surface area contributed by atoms with Crippen molar-refractivity contribution in [3.8, 4) is 0 Å². The zero-order valence-corrected chi connectivity index (χ0v) is 42.1. The van der Waals surface area contributed by atoms with Crippen LogP contribution < -0.4 is 60.2 Å². The number of nitrogens with zero attached hydrogens (tertiary/aromatic N) is 2. The topological polar surface area (TPSA) is 416 Å². The van der Waals surface area contributed by atoms with Gasteiger partial charge < -0.3 is 75.1 Å². The second-order valence-electron chi connectivity index (χ2n) is 17.5. The summed E-state index contributed by atoms with van der Waals surface area (Å²) < 4.78 is 5.81. The van der Waals surface area contributed by atoms with Crippen LogP contribution in [0, 0.1) is 11.8 Å². The Hall–Kier alpha value is -7.83. The van der Waals surface area contributed by atoms with Gasteiger partial charge in [-0.15, -0.1) is 0 Å². The zero-order valence-electron chi connectivity index (χ0n) is 42.1. The SMILES string of the molecule is C/C=C1/NC(=O)CC[C@H](C(=O)O)NC(=O)C(C)C(/C=C/C(C)=C/C(C)C(Cc2ccccc2)OC)NC(=O)[C@H](CCCN=C(N)N)NC(=O)C[C@H](C(=O)O)NC(=O)[C@H](CCCN=C(N)N)NC(=O)[C@@H](C)NC1=O. The lowest BCUT2D eigenvalue weighted by atomic mass is 9.94. The van der Waals surface area contributed by atoms with Gasteiger partial charge in [-0.2, -0.15) is 0 Å². The molecule has 1 heterocycles. The molecule has 1 aromatic carbocycles. The van der Waals surface area contributed by atoms with Gasteiger partial charge in [-0.05, 0) is 64.9 Å². The number of nitrogens with two attached hydrogens (primary N) is 4. The van der Waals surface area contributed by atoms with Gasteiger partial charge in [-0.1, -0.05) is 74.1 Å². The molecule has 9 atom stereocenters. The molecule has 0 aliphatic carbocycles. The molecule has 1 aromatic rings. The van der Waals surface area contributed by atoms with E-state index in [0.29, 0.717) is 12.0 Å². The molecule has 0 spiro atoms. The van der Waals surface area contributed by atoms with Gasteiger partial charge in [-0.25, -0.2) is 9.59 Å². The molecule has 402 valence electrons. The van der Waals surface area contributed by atoms with E-state index in [9.17, 15) is 53.4 Å². The van der Waals surface area contributed by atoms with Gasteiger partial charge in [0.15, 0.2) is 11.9 Å². The van der Waals surface area contributed by atoms with Crippen molar-refractivity contribution in [2.75, 3.05) is 20.2 Å². The minimum atomic E-state index is -1.91. The Kier molecular flexibility index (Phi) is 26.4. The number of carbonyl (C=O) groups excluding carboxylic acids is 7. The Morgan fingerprint density at radius 3 is 1.88 bits per heavy atom. The second-order valence-corrected chi connectivity index (χ2v) is 17.5. The highest BCUT2D eigenvalue weighted by Crippen LogP contribution is 2.18. The lowest BCUT2D eigenvalue weighted by molar-refractivity contribution is -0.144. The number of rotatable bonds is 17. The molecule has 0 saturated carbocycles. The number of ether oxygens (including phenoxy) is 1. The summed E-state index contributed by atoms with van der Waals surface area (Å²) in [5.41, 5.74) is 23.3. The van der Waals surface area contributed by atoms with Gasteiger partial charge >= 0.3 is 11.9 Å². The van der Waals surface area contributed by atoms with E-state index in [1.54, 1.807) is 20.1 Å². The number of allylic oxidation sites excluding steroid dienone is 3. The quantitative estimate of drug-likeness (QED) is 0.0276. The van der Waals surface area contributed by atoms with Crippen molar-refractivity contribution < 1.29 is 58.1 Å². The van der Waals surface area contributed by atoms with E-state index in [4.69, 9.17) is 27.7 Å². The third-order valence-electron chi connectivity index (χ3n) is 11.5. The van der Waals surface area contributed by atoms with Gasteiger partial charge in [0.05, 0.1) is 24.5 Å². The molecule has 25 heteroatoms. The summed E-state index contributed by atoms with van der Waals surface area (Å²) in [7, 11) is 1.60. The van der Waals surface area contributed by atoms with Crippen LogP contribution in [0.3, 0.4) is 0 Å². The first-order valence-electron chi connectivity index (χ1n) is 23.7. The van der Waals surface area contributed by atoms with E-state index >= 15 is 0 Å². The number of hydrogen-bond acceptors (Lipinski definition) is 12. The number of carbonyl (C=O) groups is 9. The zero-order chi connectivity index (χ0) is 54.8. The number of hydrogen-bond donors (Lipinski definition) is 13. The molecular formula is C48H73N13O12. The normalized spacial score (nSPS) is 24.1. The van der Waals surface area contributed by atoms with Crippen molar-refractivity contribution in [1.82, 2.24) is 37.2 Å². The van der Waals surface area contributed by atoms with Gasteiger partial charge in [0.25, 0.3) is 5.91 Å². The smallest absolute Gasteiger partial charge is 0.326 e. The monoisotopic (exact) mass is 1020 g/mol. The van der Waals surface area contributed by atoms with E-state index in [0.717, 1.165) is 5.56 Å². The highest BCUT2D eigenvalue weighted by molar-refractivity contribution is 6.00. The molecule has 2 rings (SSSR count). The van der Waals surface area contributed by atoms with Crippen LogP contribution in [0.1, 0.15) is 85.1 Å². The molecule has 73 heavy (non-hydrogen) atoms. The fourth-order valence-corrected chi connectivity index (χ4v) is 7.33. The molecule has 0 bridgehead atoms. The number of amides is 7. The van der Waals surface area contributed by atoms with Crippen molar-refractivity contribution >= 4 is 65.2 Å². The summed E-state index contributed by atoms with van der Waals surface area (Å²) in [5.74, 6) is -11.4. The lowest BCUT2D eigenvalue weighted by Gasteiger charge is -2.27. The summed E-state index contributed by atoms with van der Waals surface area (Å²) in [5, 5.41) is 37.5. The van der Waals surface area contributed by atoms with Gasteiger partial charge in [-0.3, -0.25) is 43.5 Å². The van der Waals surface area contributed by atoms with Crippen molar-refractivity contribution in [2.45, 2.75) is 128 Å². The maximum atomic E-state index is 14.3. The molecule has 0 aromatic heterocycles. The summed E-state index contributed by atoms with van der Waals surface area (Å²) in [6, 6.07) is 0.758. The fraction of sp³-hybridized carbons (Fsp3) is 0.521. The first-order valence-corrected chi connectivity index (χ1v) is 23.7. The summed E-state index contributed by atoms with van der Waals surface area (Å²) in [4.78, 5) is 128. The van der Waals surface area contributed by atoms with Gasteiger partial charge in [0.1, 0.15) is 35.9 Å². The van der Waals surface area contributed by atoms with Crippen LogP contribution >= 0.6 is 0 Å². The average Bonchev–Trinajstić information content (AvgIpc) is 3.33. The van der Waals surface area contributed by atoms with Crippen LogP contribution in [0.2, 0.25) is 0 Å². The molecule has 4 unspecified atom stereocenters. The molecule has 7 amide bonds. The van der Waals surface area contributed by atoms with Crippen LogP contribution in [-0.4, -0.2) is 138 Å². The number of aliphatic carboxylic acids is 2. The van der Waals surface area contributed by atoms with Crippen LogP contribution in [0.15, 0.2) is 75.9 Å². The van der Waals surface area contributed by atoms with Crippen LogP contribution in [0.4, 0.5) is 0 Å². The third kappa shape index (κ3) is 22.9. The average molecular weight is 1020 g/mol. The van der Waals surface area contributed by atoms with E-state index in [1.807, 2.05) is 43.3 Å². The molecular weight excluding hydrogens is 951 g/mol. The minimum absolute atomic E-state index is 0.00238. The number of aliphatic imine (C=N–C) groups is 2. The standard InChI is InChI=1S/C48H73N13O12/c1-7-31-42(66)55-29(5)41(65)59-34(16-12-22-54-48(51)52)44(68)61-36(46(71)72)25-39(63)57-33(15-11-21-53-47(49)50)43(67)58-32(28(4)40(64)60-35(45(69)70)19-20-38(62)56-31)18-17-26(2)23-27(3)37(73-6)24-30-13-9-8-10-14-30/h7-10,13-14,17-18,23,27-29,32-37H,11-12,15-16,19-22,24-25H2,1-6H3,(H,55,66)(H,56,62)(H,57,63)(H,58,67)(H,59,65)(H,60,64)(H,61,68)(H,69,70)(H,71,72)(H4,49,50,53)(H4,51,52,54)/b18-17+,26-23+,31-7+/t27?,28?,29-,32?,33+,34+,35-,36-,37?/m1/s1. The van der Waals surface area contributed by atoms with Crippen LogP contribution in [-0.2, 0) is 54.3 Å². The van der Waals surface area contributed by atoms with E-state index in [-0.39, 0.29) is 68.4 Å². The van der Waals surface area contributed by atoms with Crippen molar-refractivity contribution in [1.29, 1.82) is 0 Å². The molecule has 17 N–H and O–H groups in total. The van der Waals surface area contributed by atoms with E-state index < -0.39 is 115 Å². The Bertz CT molecular complexity index is 2240. The highest BCUT2D eigenvalue weighted by atomic mass is 16.5. The van der Waals surface area contributed by atoms with Gasteiger partial charge in [0.2, 0.25) is 35.4 Å². The Balaban J connectivity index is 2.69. The van der Waals surface area contributed by atoms with E-state index in [1.165, 1.54) is 32.9 Å². The molecule has 25 nitrogen and oxygen atoms in total. The van der Waals surface area contributed by atoms with Crippen LogP contribution in [0.5, 0.6) is 0 Å². The maximum absolute atomic E-state index is 14.3. The summed E-state index contributed by atoms with van der Waals surface area (Å²) >= 11 is 0. The fourth-order valence-electron chi connectivity index (χ4n) is 7.33. The molecule has 1 aliphatic heterocycles. The molecule has 1 fully saturated rings. The Morgan fingerprint density at radius 1 is 0.767 bits per heavy atom. The largest absolute Gasteiger partial charge is 0.480 e. The maximum Gasteiger partial charge on any atom is 0.326 e. The second kappa shape index (κ2) is 31.5. The van der Waals surface area contributed by atoms with Crippen molar-refractivity contribution in [2.24, 2.45) is 44.8 Å². The Morgan fingerprint density at radius 2 is 1.33 bits per heavy atom. The Labute approximate surface area is 424 Å². The molecule has 1 saturated heterocycles. The summed E-state index contributed by atoms with van der Waals surface area (Å²) in [6.07, 6.45) is 4.77. The lowest BCUT2D eigenvalue weighted by Crippen LogP contribution is -2.56. The number of carboxylic acid groups (broad SMARTS) is 2. The first-order chi connectivity index (χ1) is 34.4. The number of carboxylic acids is 2. The number of nitrogens with one attached hydrogen (secondary N) is 7. The van der Waals surface area contributed by atoms with Crippen molar-refractivity contribution in [3.05, 3.63) is 71.5 Å².